The Morgan fingerprint density at radius 1 is 1.32 bits per heavy atom. The van der Waals surface area contributed by atoms with E-state index >= 15 is 0 Å². The fourth-order valence-corrected chi connectivity index (χ4v) is 3.33. The van der Waals surface area contributed by atoms with Gasteiger partial charge in [-0.3, -0.25) is 9.69 Å². The second-order valence-corrected chi connectivity index (χ2v) is 6.43. The summed E-state index contributed by atoms with van der Waals surface area (Å²) >= 11 is 0. The van der Waals surface area contributed by atoms with Crippen LogP contribution in [0.25, 0.3) is 11.0 Å². The fourth-order valence-electron chi connectivity index (χ4n) is 3.33. The molecule has 3 heterocycles. The smallest absolute Gasteiger partial charge is 0.251 e. The lowest BCUT2D eigenvalue weighted by Crippen LogP contribution is -2.39. The first-order chi connectivity index (χ1) is 12.1. The number of aryl methyl sites for hydroxylation is 2. The minimum absolute atomic E-state index is 0.140. The molecule has 1 fully saturated rings. The number of hydrogen-bond acceptors (Lipinski definition) is 5. The van der Waals surface area contributed by atoms with Crippen LogP contribution in [0.4, 0.5) is 0 Å². The predicted molar refractivity (Wildman–Crippen MR) is 94.3 cm³/mol. The van der Waals surface area contributed by atoms with Crippen LogP contribution in [0.3, 0.4) is 0 Å². The molecule has 0 saturated carbocycles. The Morgan fingerprint density at radius 3 is 2.96 bits per heavy atom. The molecule has 2 aromatic heterocycles. The van der Waals surface area contributed by atoms with Crippen molar-refractivity contribution in [3.63, 3.8) is 0 Å². The zero-order chi connectivity index (χ0) is 17.4. The van der Waals surface area contributed by atoms with Crippen molar-refractivity contribution in [2.75, 3.05) is 19.7 Å². The van der Waals surface area contributed by atoms with Gasteiger partial charge in [-0.05, 0) is 19.1 Å². The molecule has 1 aromatic carbocycles. The number of hydrogen-bond donors (Lipinski definition) is 1. The van der Waals surface area contributed by atoms with Gasteiger partial charge < -0.3 is 14.3 Å². The highest BCUT2D eigenvalue weighted by molar-refractivity contribution is 5.75. The Bertz CT molecular complexity index is 961. The number of nitrogens with one attached hydrogen (secondary N) is 1. The Hall–Kier alpha value is -2.51. The maximum atomic E-state index is 11.7. The van der Waals surface area contributed by atoms with Crippen molar-refractivity contribution >= 4 is 11.0 Å². The second-order valence-electron chi connectivity index (χ2n) is 6.43. The van der Waals surface area contributed by atoms with Crippen LogP contribution < -0.4 is 5.56 Å². The number of fused-ring (bicyclic) bond motifs is 1. The van der Waals surface area contributed by atoms with Gasteiger partial charge in [0.05, 0.1) is 29.9 Å². The average Bonchev–Trinajstić information content (AvgIpc) is 2.91. The Labute approximate surface area is 145 Å². The lowest BCUT2D eigenvalue weighted by Gasteiger charge is -2.32. The molecule has 1 aliphatic heterocycles. The molecule has 0 radical (unpaired) electrons. The zero-order valence-corrected chi connectivity index (χ0v) is 14.4. The summed E-state index contributed by atoms with van der Waals surface area (Å²) in [7, 11) is 2.05. The molecular weight excluding hydrogens is 318 g/mol. The van der Waals surface area contributed by atoms with Gasteiger partial charge in [-0.25, -0.2) is 9.97 Å². The quantitative estimate of drug-likeness (QED) is 0.783. The van der Waals surface area contributed by atoms with Gasteiger partial charge in [0.25, 0.3) is 5.56 Å². The van der Waals surface area contributed by atoms with Crippen molar-refractivity contribution in [3.8, 4) is 0 Å². The van der Waals surface area contributed by atoms with E-state index in [1.165, 1.54) is 6.07 Å². The average molecular weight is 339 g/mol. The Kier molecular flexibility index (Phi) is 4.10. The first-order valence-corrected chi connectivity index (χ1v) is 8.42. The van der Waals surface area contributed by atoms with E-state index in [-0.39, 0.29) is 11.7 Å². The highest BCUT2D eigenvalue weighted by atomic mass is 16.5. The summed E-state index contributed by atoms with van der Waals surface area (Å²) in [6, 6.07) is 9.67. The number of morpholine rings is 1. The monoisotopic (exact) mass is 339 g/mol. The first-order valence-electron chi connectivity index (χ1n) is 8.42. The topological polar surface area (TPSA) is 76.0 Å². The van der Waals surface area contributed by atoms with Gasteiger partial charge in [-0.15, -0.1) is 0 Å². The van der Waals surface area contributed by atoms with Crippen LogP contribution in [0.2, 0.25) is 0 Å². The van der Waals surface area contributed by atoms with Gasteiger partial charge in [-0.1, -0.05) is 12.1 Å². The van der Waals surface area contributed by atoms with Crippen LogP contribution >= 0.6 is 0 Å². The molecule has 1 saturated heterocycles. The van der Waals surface area contributed by atoms with E-state index in [1.807, 2.05) is 25.2 Å². The number of H-pyrrole nitrogens is 1. The molecule has 4 rings (SSSR count). The highest BCUT2D eigenvalue weighted by Gasteiger charge is 2.25. The van der Waals surface area contributed by atoms with E-state index in [9.17, 15) is 4.79 Å². The molecule has 3 aromatic rings. The third-order valence-electron chi connectivity index (χ3n) is 4.61. The summed E-state index contributed by atoms with van der Waals surface area (Å²) in [5.41, 5.74) is 2.69. The third kappa shape index (κ3) is 3.20. The number of imidazole rings is 1. The fraction of sp³-hybridized carbons (Fsp3) is 0.389. The van der Waals surface area contributed by atoms with Gasteiger partial charge in [0.2, 0.25) is 0 Å². The lowest BCUT2D eigenvalue weighted by molar-refractivity contribution is -0.0360. The summed E-state index contributed by atoms with van der Waals surface area (Å²) < 4.78 is 7.98. The number of para-hydroxylation sites is 2. The molecule has 0 bridgehead atoms. The molecular formula is C18H21N5O2. The van der Waals surface area contributed by atoms with Crippen LogP contribution in [0.1, 0.15) is 23.4 Å². The van der Waals surface area contributed by atoms with Crippen LogP contribution in [-0.2, 0) is 18.3 Å². The van der Waals surface area contributed by atoms with Crippen molar-refractivity contribution in [3.05, 3.63) is 58.0 Å². The summed E-state index contributed by atoms with van der Waals surface area (Å²) in [6.07, 6.45) is -0.190. The van der Waals surface area contributed by atoms with Crippen molar-refractivity contribution in [2.45, 2.75) is 19.6 Å². The van der Waals surface area contributed by atoms with Gasteiger partial charge in [-0.2, -0.15) is 0 Å². The Morgan fingerprint density at radius 2 is 2.16 bits per heavy atom. The van der Waals surface area contributed by atoms with Crippen molar-refractivity contribution < 1.29 is 4.74 Å². The molecule has 0 aliphatic carbocycles. The predicted octanol–water partition coefficient (Wildman–Crippen LogP) is 1.54. The first kappa shape index (κ1) is 16.0. The number of aromatic amines is 1. The minimum Gasteiger partial charge on any atom is -0.369 e. The maximum Gasteiger partial charge on any atom is 0.251 e. The summed E-state index contributed by atoms with van der Waals surface area (Å²) in [5.74, 6) is 1.63. The van der Waals surface area contributed by atoms with E-state index < -0.39 is 0 Å². The molecule has 0 spiro atoms. The molecule has 1 aliphatic rings. The lowest BCUT2D eigenvalue weighted by atomic mass is 10.2. The van der Waals surface area contributed by atoms with Crippen molar-refractivity contribution in [1.29, 1.82) is 0 Å². The summed E-state index contributed by atoms with van der Waals surface area (Å²) in [4.78, 5) is 25.8. The van der Waals surface area contributed by atoms with Gasteiger partial charge >= 0.3 is 0 Å². The summed E-state index contributed by atoms with van der Waals surface area (Å²) in [5, 5.41) is 0. The summed E-state index contributed by atoms with van der Waals surface area (Å²) in [6.45, 7) is 4.67. The van der Waals surface area contributed by atoms with E-state index in [4.69, 9.17) is 9.72 Å². The van der Waals surface area contributed by atoms with E-state index in [0.29, 0.717) is 24.7 Å². The van der Waals surface area contributed by atoms with E-state index in [1.54, 1.807) is 6.92 Å². The number of benzene rings is 1. The maximum absolute atomic E-state index is 11.7. The van der Waals surface area contributed by atoms with Gasteiger partial charge in [0.15, 0.2) is 0 Å². The van der Waals surface area contributed by atoms with E-state index in [0.717, 1.165) is 29.9 Å². The second kappa shape index (κ2) is 6.42. The number of ether oxygens (including phenoxy) is 1. The third-order valence-corrected chi connectivity index (χ3v) is 4.61. The van der Waals surface area contributed by atoms with Gasteiger partial charge in [0.1, 0.15) is 17.8 Å². The molecule has 25 heavy (non-hydrogen) atoms. The standard InChI is InChI=1S/C18H21N5O2/c1-12-19-14(9-18(24)20-12)16-10-23(7-8-25-16)11-17-21-13-5-3-4-6-15(13)22(17)2/h3-6,9,16H,7-8,10-11H2,1-2H3,(H,19,20,24)/t16-/m1/s1. The normalized spacial score (nSPS) is 18.7. The molecule has 0 amide bonds. The molecule has 7 nitrogen and oxygen atoms in total. The Balaban J connectivity index is 1.54. The van der Waals surface area contributed by atoms with Gasteiger partial charge in [0, 0.05) is 26.2 Å². The molecule has 130 valence electrons. The molecule has 1 atom stereocenters. The largest absolute Gasteiger partial charge is 0.369 e. The molecule has 7 heteroatoms. The van der Waals surface area contributed by atoms with Crippen LogP contribution in [0.15, 0.2) is 35.1 Å². The van der Waals surface area contributed by atoms with E-state index in [2.05, 4.69) is 25.5 Å². The SMILES string of the molecule is Cc1nc([C@H]2CN(Cc3nc4ccccc4n3C)CCO2)cc(=O)[nH]1. The van der Waals surface area contributed by atoms with Crippen LogP contribution in [0.5, 0.6) is 0 Å². The minimum atomic E-state index is -0.190. The van der Waals surface area contributed by atoms with Crippen molar-refractivity contribution in [1.82, 2.24) is 24.4 Å². The van der Waals surface area contributed by atoms with Crippen LogP contribution in [0, 0.1) is 6.92 Å². The number of nitrogens with zero attached hydrogens (tertiary/aromatic N) is 4. The molecule has 1 N–H and O–H groups in total. The van der Waals surface area contributed by atoms with Crippen LogP contribution in [-0.4, -0.2) is 44.1 Å². The number of rotatable bonds is 3. The molecule has 0 unspecified atom stereocenters. The van der Waals surface area contributed by atoms with Crippen molar-refractivity contribution in [2.24, 2.45) is 7.05 Å². The highest BCUT2D eigenvalue weighted by Crippen LogP contribution is 2.22. The zero-order valence-electron chi connectivity index (χ0n) is 14.4. The number of aromatic nitrogens is 4.